The molecule has 3 rings (SSSR count). The molecule has 2 fully saturated rings. The Morgan fingerprint density at radius 1 is 0.909 bits per heavy atom. The number of alkyl halides is 3. The molecule has 0 N–H and O–H groups in total. The molecule has 0 radical (unpaired) electrons. The molecule has 2 aliphatic rings. The minimum Gasteiger partial charge on any atom is -0.373 e. The summed E-state index contributed by atoms with van der Waals surface area (Å²) in [5.74, 6) is -3.36. The molecule has 1 saturated heterocycles. The van der Waals surface area contributed by atoms with Crippen molar-refractivity contribution in [1.29, 1.82) is 0 Å². The van der Waals surface area contributed by atoms with Crippen molar-refractivity contribution < 1.29 is 31.4 Å². The molecule has 0 spiro atoms. The second kappa shape index (κ2) is 5.77. The van der Waals surface area contributed by atoms with Crippen molar-refractivity contribution in [2.75, 3.05) is 13.2 Å². The lowest BCUT2D eigenvalue weighted by molar-refractivity contribution is -0.156. The fourth-order valence-corrected chi connectivity index (χ4v) is 3.27. The number of benzene rings is 1. The van der Waals surface area contributed by atoms with Gasteiger partial charge in [0.2, 0.25) is 0 Å². The third-order valence-electron chi connectivity index (χ3n) is 4.30. The van der Waals surface area contributed by atoms with E-state index in [-0.39, 0.29) is 23.7 Å². The number of hydrogen-bond acceptors (Lipinski definition) is 2. The SMILES string of the molecule is Fc1cc(C2CCC3OCCOC3C2)cc(F)c1C(F)(F)F. The molecule has 22 heavy (non-hydrogen) atoms. The number of hydrogen-bond donors (Lipinski definition) is 0. The molecule has 0 bridgehead atoms. The number of halogens is 5. The molecule has 0 amide bonds. The van der Waals surface area contributed by atoms with E-state index in [1.807, 2.05) is 0 Å². The Balaban J connectivity index is 1.84. The van der Waals surface area contributed by atoms with Crippen molar-refractivity contribution in [1.82, 2.24) is 0 Å². The average Bonchev–Trinajstić information content (AvgIpc) is 2.44. The van der Waals surface area contributed by atoms with Gasteiger partial charge in [0, 0.05) is 0 Å². The Morgan fingerprint density at radius 2 is 1.50 bits per heavy atom. The predicted octanol–water partition coefficient (Wildman–Crippen LogP) is 4.04. The first-order chi connectivity index (χ1) is 10.4. The van der Waals surface area contributed by atoms with Crippen LogP contribution in [-0.4, -0.2) is 25.4 Å². The standard InChI is InChI=1S/C15H15F5O2/c16-10-5-9(6-11(17)14(10)15(18,19)20)8-1-2-12-13(7-8)22-4-3-21-12/h5-6,8,12-13H,1-4,7H2. The van der Waals surface area contributed by atoms with Gasteiger partial charge in [0.05, 0.1) is 25.4 Å². The van der Waals surface area contributed by atoms with E-state index in [2.05, 4.69) is 0 Å². The zero-order valence-electron chi connectivity index (χ0n) is 11.6. The summed E-state index contributed by atoms with van der Waals surface area (Å²) in [5, 5.41) is 0. The van der Waals surface area contributed by atoms with Gasteiger partial charge in [-0.15, -0.1) is 0 Å². The van der Waals surface area contributed by atoms with E-state index in [1.165, 1.54) is 0 Å². The number of ether oxygens (including phenoxy) is 2. The van der Waals surface area contributed by atoms with Gasteiger partial charge in [-0.2, -0.15) is 13.2 Å². The van der Waals surface area contributed by atoms with Crippen molar-refractivity contribution in [3.63, 3.8) is 0 Å². The lowest BCUT2D eigenvalue weighted by atomic mass is 9.80. The zero-order valence-corrected chi connectivity index (χ0v) is 11.6. The van der Waals surface area contributed by atoms with E-state index in [0.29, 0.717) is 32.5 Å². The van der Waals surface area contributed by atoms with Gasteiger partial charge in [-0.3, -0.25) is 0 Å². The van der Waals surface area contributed by atoms with Crippen LogP contribution in [-0.2, 0) is 15.7 Å². The quantitative estimate of drug-likeness (QED) is 0.727. The maximum absolute atomic E-state index is 13.7. The highest BCUT2D eigenvalue weighted by atomic mass is 19.4. The average molecular weight is 322 g/mol. The van der Waals surface area contributed by atoms with E-state index in [0.717, 1.165) is 12.1 Å². The molecule has 1 heterocycles. The molecular weight excluding hydrogens is 307 g/mol. The molecule has 3 atom stereocenters. The van der Waals surface area contributed by atoms with Crippen molar-refractivity contribution >= 4 is 0 Å². The van der Waals surface area contributed by atoms with Crippen LogP contribution in [0, 0.1) is 11.6 Å². The fraction of sp³-hybridized carbons (Fsp3) is 0.600. The fourth-order valence-electron chi connectivity index (χ4n) is 3.27. The van der Waals surface area contributed by atoms with Crippen LogP contribution in [0.4, 0.5) is 22.0 Å². The Morgan fingerprint density at radius 3 is 2.09 bits per heavy atom. The molecule has 1 saturated carbocycles. The van der Waals surface area contributed by atoms with Crippen LogP contribution < -0.4 is 0 Å². The van der Waals surface area contributed by atoms with E-state index >= 15 is 0 Å². The van der Waals surface area contributed by atoms with Gasteiger partial charge in [-0.05, 0) is 42.9 Å². The van der Waals surface area contributed by atoms with Crippen molar-refractivity contribution in [3.05, 3.63) is 34.9 Å². The normalized spacial score (nSPS) is 29.2. The van der Waals surface area contributed by atoms with Gasteiger partial charge in [0.15, 0.2) is 0 Å². The van der Waals surface area contributed by atoms with Crippen LogP contribution in [0.3, 0.4) is 0 Å². The summed E-state index contributed by atoms with van der Waals surface area (Å²) in [6, 6.07) is 1.58. The maximum Gasteiger partial charge on any atom is 0.422 e. The third kappa shape index (κ3) is 2.96. The van der Waals surface area contributed by atoms with Gasteiger partial charge >= 0.3 is 6.18 Å². The van der Waals surface area contributed by atoms with Crippen LogP contribution in [0.25, 0.3) is 0 Å². The van der Waals surface area contributed by atoms with Gasteiger partial charge in [0.25, 0.3) is 0 Å². The molecule has 3 unspecified atom stereocenters. The Kier molecular flexibility index (Phi) is 4.11. The highest BCUT2D eigenvalue weighted by Crippen LogP contribution is 2.40. The summed E-state index contributed by atoms with van der Waals surface area (Å²) in [7, 11) is 0. The summed E-state index contributed by atoms with van der Waals surface area (Å²) in [6.07, 6.45) is -3.47. The Labute approximate surface area is 124 Å². The van der Waals surface area contributed by atoms with Crippen LogP contribution in [0.2, 0.25) is 0 Å². The Bertz CT molecular complexity index is 534. The van der Waals surface area contributed by atoms with Crippen LogP contribution in [0.5, 0.6) is 0 Å². The highest BCUT2D eigenvalue weighted by molar-refractivity contribution is 5.31. The minimum absolute atomic E-state index is 0.0332. The highest BCUT2D eigenvalue weighted by Gasteiger charge is 2.39. The molecule has 122 valence electrons. The van der Waals surface area contributed by atoms with Gasteiger partial charge < -0.3 is 9.47 Å². The molecule has 1 aromatic rings. The van der Waals surface area contributed by atoms with Gasteiger partial charge in [-0.25, -0.2) is 8.78 Å². The first-order valence-electron chi connectivity index (χ1n) is 7.15. The van der Waals surface area contributed by atoms with Crippen molar-refractivity contribution in [3.8, 4) is 0 Å². The van der Waals surface area contributed by atoms with E-state index in [9.17, 15) is 22.0 Å². The van der Waals surface area contributed by atoms with Crippen LogP contribution in [0.15, 0.2) is 12.1 Å². The number of fused-ring (bicyclic) bond motifs is 1. The molecule has 1 aliphatic heterocycles. The van der Waals surface area contributed by atoms with Crippen LogP contribution in [0.1, 0.15) is 36.3 Å². The predicted molar refractivity (Wildman–Crippen MR) is 67.4 cm³/mol. The lowest BCUT2D eigenvalue weighted by Gasteiger charge is -2.39. The largest absolute Gasteiger partial charge is 0.422 e. The summed E-state index contributed by atoms with van der Waals surface area (Å²) in [4.78, 5) is 0. The van der Waals surface area contributed by atoms with E-state index < -0.39 is 23.4 Å². The smallest absolute Gasteiger partial charge is 0.373 e. The molecule has 1 aliphatic carbocycles. The minimum atomic E-state index is -5.04. The van der Waals surface area contributed by atoms with Crippen molar-refractivity contribution in [2.45, 2.75) is 43.6 Å². The summed E-state index contributed by atoms with van der Waals surface area (Å²) in [5.41, 5.74) is -1.59. The lowest BCUT2D eigenvalue weighted by Crippen LogP contribution is -2.42. The first kappa shape index (κ1) is 15.7. The van der Waals surface area contributed by atoms with Gasteiger partial charge in [-0.1, -0.05) is 0 Å². The molecule has 0 aromatic heterocycles. The second-order valence-corrected chi connectivity index (χ2v) is 5.69. The summed E-state index contributed by atoms with van der Waals surface area (Å²) < 4.78 is 76.3. The zero-order chi connectivity index (χ0) is 15.9. The number of rotatable bonds is 1. The van der Waals surface area contributed by atoms with E-state index in [4.69, 9.17) is 9.47 Å². The third-order valence-corrected chi connectivity index (χ3v) is 4.30. The molecule has 1 aromatic carbocycles. The second-order valence-electron chi connectivity index (χ2n) is 5.69. The van der Waals surface area contributed by atoms with Crippen LogP contribution >= 0.6 is 0 Å². The summed E-state index contributed by atoms with van der Waals surface area (Å²) >= 11 is 0. The van der Waals surface area contributed by atoms with Gasteiger partial charge in [0.1, 0.15) is 17.2 Å². The monoisotopic (exact) mass is 322 g/mol. The first-order valence-corrected chi connectivity index (χ1v) is 7.15. The Hall–Kier alpha value is -1.21. The molecule has 2 nitrogen and oxygen atoms in total. The molecule has 7 heteroatoms. The topological polar surface area (TPSA) is 18.5 Å². The van der Waals surface area contributed by atoms with Crippen molar-refractivity contribution in [2.24, 2.45) is 0 Å². The maximum atomic E-state index is 13.7. The van der Waals surface area contributed by atoms with E-state index in [1.54, 1.807) is 0 Å². The summed E-state index contributed by atoms with van der Waals surface area (Å²) in [6.45, 7) is 0.985. The molecular formula is C15H15F5O2.